The van der Waals surface area contributed by atoms with Crippen molar-refractivity contribution in [2.75, 3.05) is 36.2 Å². The Kier molecular flexibility index (Phi) is 4.12. The molecule has 0 radical (unpaired) electrons. The van der Waals surface area contributed by atoms with E-state index in [-0.39, 0.29) is 23.7 Å². The molecule has 0 aliphatic heterocycles. The van der Waals surface area contributed by atoms with E-state index in [0.717, 1.165) is 6.26 Å². The van der Waals surface area contributed by atoms with Crippen molar-refractivity contribution in [2.45, 2.75) is 0 Å². The molecule has 0 amide bonds. The molecule has 18 heavy (non-hydrogen) atoms. The van der Waals surface area contributed by atoms with Gasteiger partial charge in [0.2, 0.25) is 0 Å². The maximum absolute atomic E-state index is 11.1. The van der Waals surface area contributed by atoms with Crippen LogP contribution in [0.2, 0.25) is 0 Å². The molecule has 0 atom stereocenters. The quantitative estimate of drug-likeness (QED) is 0.479. The van der Waals surface area contributed by atoms with E-state index < -0.39 is 14.8 Å². The van der Waals surface area contributed by atoms with Gasteiger partial charge < -0.3 is 10.6 Å². The van der Waals surface area contributed by atoms with E-state index in [1.807, 2.05) is 0 Å². The average Bonchev–Trinajstić information content (AvgIpc) is 2.24. The summed E-state index contributed by atoms with van der Waals surface area (Å²) in [5.41, 5.74) is 5.72. The number of sulfone groups is 1. The molecule has 0 unspecified atom stereocenters. The SMILES string of the molecule is CN(CCS(C)(=O)=O)c1cccc(N)c1[N+](=O)[O-]. The first kappa shape index (κ1) is 14.2. The van der Waals surface area contributed by atoms with Crippen molar-refractivity contribution in [1.82, 2.24) is 0 Å². The number of hydrogen-bond donors (Lipinski definition) is 1. The van der Waals surface area contributed by atoms with E-state index in [1.54, 1.807) is 13.1 Å². The van der Waals surface area contributed by atoms with Crippen LogP contribution in [0.3, 0.4) is 0 Å². The summed E-state index contributed by atoms with van der Waals surface area (Å²) in [6.45, 7) is 0.170. The first-order valence-corrected chi connectivity index (χ1v) is 7.20. The number of hydrogen-bond acceptors (Lipinski definition) is 6. The van der Waals surface area contributed by atoms with Crippen molar-refractivity contribution in [3.8, 4) is 0 Å². The molecular formula is C10H15N3O4S. The van der Waals surface area contributed by atoms with E-state index in [0.29, 0.717) is 5.69 Å². The van der Waals surface area contributed by atoms with Gasteiger partial charge in [-0.05, 0) is 12.1 Å². The summed E-state index contributed by atoms with van der Waals surface area (Å²) >= 11 is 0. The van der Waals surface area contributed by atoms with Gasteiger partial charge in [0, 0.05) is 19.8 Å². The standard InChI is InChI=1S/C10H15N3O4S/c1-12(6-7-18(2,16)17)9-5-3-4-8(11)10(9)13(14)15/h3-5H,6-7,11H2,1-2H3. The first-order chi connectivity index (χ1) is 8.22. The lowest BCUT2D eigenvalue weighted by atomic mass is 10.2. The fourth-order valence-electron chi connectivity index (χ4n) is 1.48. The predicted molar refractivity (Wildman–Crippen MR) is 70.5 cm³/mol. The molecule has 0 spiro atoms. The van der Waals surface area contributed by atoms with Crippen LogP contribution in [0.5, 0.6) is 0 Å². The number of benzene rings is 1. The third-order valence-corrected chi connectivity index (χ3v) is 3.36. The maximum atomic E-state index is 11.1. The molecular weight excluding hydrogens is 258 g/mol. The van der Waals surface area contributed by atoms with Crippen molar-refractivity contribution in [3.05, 3.63) is 28.3 Å². The molecule has 0 aliphatic carbocycles. The monoisotopic (exact) mass is 273 g/mol. The molecule has 0 saturated carbocycles. The Balaban J connectivity index is 3.02. The third kappa shape index (κ3) is 3.59. The van der Waals surface area contributed by atoms with E-state index in [1.165, 1.54) is 17.0 Å². The summed E-state index contributed by atoms with van der Waals surface area (Å²) in [5.74, 6) is -0.0740. The molecule has 0 saturated heterocycles. The highest BCUT2D eigenvalue weighted by Gasteiger charge is 2.20. The van der Waals surface area contributed by atoms with Gasteiger partial charge in [-0.25, -0.2) is 8.42 Å². The second kappa shape index (κ2) is 5.21. The molecule has 2 N–H and O–H groups in total. The summed E-state index contributed by atoms with van der Waals surface area (Å²) in [7, 11) is -1.52. The summed E-state index contributed by atoms with van der Waals surface area (Å²) in [4.78, 5) is 11.9. The van der Waals surface area contributed by atoms with Gasteiger partial charge >= 0.3 is 5.69 Å². The second-order valence-electron chi connectivity index (χ2n) is 4.02. The normalized spacial score (nSPS) is 11.2. The zero-order valence-corrected chi connectivity index (χ0v) is 11.0. The van der Waals surface area contributed by atoms with Crippen LogP contribution in [0.15, 0.2) is 18.2 Å². The largest absolute Gasteiger partial charge is 0.393 e. The fourth-order valence-corrected chi connectivity index (χ4v) is 2.08. The summed E-state index contributed by atoms with van der Waals surface area (Å²) in [6.07, 6.45) is 1.12. The molecule has 0 heterocycles. The molecule has 0 aromatic heterocycles. The zero-order valence-electron chi connectivity index (χ0n) is 10.2. The Labute approximate surface area is 105 Å². The van der Waals surface area contributed by atoms with Crippen LogP contribution >= 0.6 is 0 Å². The lowest BCUT2D eigenvalue weighted by molar-refractivity contribution is -0.383. The number of para-hydroxylation sites is 1. The molecule has 1 aromatic carbocycles. The van der Waals surface area contributed by atoms with Gasteiger partial charge in [0.15, 0.2) is 0 Å². The first-order valence-electron chi connectivity index (χ1n) is 5.14. The van der Waals surface area contributed by atoms with Gasteiger partial charge in [0.05, 0.1) is 10.7 Å². The van der Waals surface area contributed by atoms with Crippen molar-refractivity contribution in [2.24, 2.45) is 0 Å². The zero-order chi connectivity index (χ0) is 13.9. The molecule has 1 rings (SSSR count). The minimum Gasteiger partial charge on any atom is -0.393 e. The molecule has 100 valence electrons. The van der Waals surface area contributed by atoms with Crippen LogP contribution in [-0.4, -0.2) is 38.9 Å². The molecule has 0 fully saturated rings. The molecule has 8 heteroatoms. The van der Waals surface area contributed by atoms with E-state index in [2.05, 4.69) is 0 Å². The highest BCUT2D eigenvalue weighted by Crippen LogP contribution is 2.32. The molecule has 7 nitrogen and oxygen atoms in total. The van der Waals surface area contributed by atoms with Gasteiger partial charge in [-0.3, -0.25) is 10.1 Å². The van der Waals surface area contributed by atoms with Crippen LogP contribution in [-0.2, 0) is 9.84 Å². The molecule has 0 aliphatic rings. The van der Waals surface area contributed by atoms with Crippen molar-refractivity contribution >= 4 is 26.9 Å². The van der Waals surface area contributed by atoms with Crippen LogP contribution in [0, 0.1) is 10.1 Å². The number of nitrogens with two attached hydrogens (primary N) is 1. The topological polar surface area (TPSA) is 107 Å². The van der Waals surface area contributed by atoms with Crippen molar-refractivity contribution in [1.29, 1.82) is 0 Å². The summed E-state index contributed by atoms with van der Waals surface area (Å²) < 4.78 is 22.1. The third-order valence-electron chi connectivity index (χ3n) is 2.44. The molecule has 0 bridgehead atoms. The lowest BCUT2D eigenvalue weighted by Gasteiger charge is -2.19. The number of rotatable bonds is 5. The highest BCUT2D eigenvalue weighted by molar-refractivity contribution is 7.90. The Bertz CT molecular complexity index is 556. The van der Waals surface area contributed by atoms with Crippen molar-refractivity contribution < 1.29 is 13.3 Å². The van der Waals surface area contributed by atoms with Gasteiger partial charge in [-0.2, -0.15) is 0 Å². The number of nitro groups is 1. The van der Waals surface area contributed by atoms with Crippen LogP contribution in [0.4, 0.5) is 17.1 Å². The average molecular weight is 273 g/mol. The Morgan fingerprint density at radius 3 is 2.56 bits per heavy atom. The number of nitrogens with zero attached hydrogens (tertiary/aromatic N) is 2. The summed E-state index contributed by atoms with van der Waals surface area (Å²) in [5, 5.41) is 10.9. The fraction of sp³-hybridized carbons (Fsp3) is 0.400. The Morgan fingerprint density at radius 2 is 2.06 bits per heavy atom. The van der Waals surface area contributed by atoms with Gasteiger partial charge in [-0.1, -0.05) is 6.07 Å². The smallest absolute Gasteiger partial charge is 0.315 e. The minimum atomic E-state index is -3.11. The number of anilines is 2. The van der Waals surface area contributed by atoms with Crippen LogP contribution in [0.25, 0.3) is 0 Å². The molecule has 1 aromatic rings. The lowest BCUT2D eigenvalue weighted by Crippen LogP contribution is -2.25. The van der Waals surface area contributed by atoms with Crippen LogP contribution < -0.4 is 10.6 Å². The summed E-state index contributed by atoms with van der Waals surface area (Å²) in [6, 6.07) is 4.57. The Hall–Kier alpha value is -1.83. The highest BCUT2D eigenvalue weighted by atomic mass is 32.2. The second-order valence-corrected chi connectivity index (χ2v) is 6.28. The van der Waals surface area contributed by atoms with Gasteiger partial charge in [0.25, 0.3) is 0 Å². The van der Waals surface area contributed by atoms with E-state index in [9.17, 15) is 18.5 Å². The Morgan fingerprint density at radius 1 is 1.44 bits per heavy atom. The number of nitro benzene ring substituents is 1. The van der Waals surface area contributed by atoms with Gasteiger partial charge in [-0.15, -0.1) is 0 Å². The number of nitrogen functional groups attached to an aromatic ring is 1. The van der Waals surface area contributed by atoms with Crippen LogP contribution in [0.1, 0.15) is 0 Å². The van der Waals surface area contributed by atoms with Gasteiger partial charge in [0.1, 0.15) is 21.2 Å². The minimum absolute atomic E-state index is 0.0590. The van der Waals surface area contributed by atoms with E-state index in [4.69, 9.17) is 5.73 Å². The van der Waals surface area contributed by atoms with Crippen molar-refractivity contribution in [3.63, 3.8) is 0 Å². The predicted octanol–water partition coefficient (Wildman–Crippen LogP) is 0.658. The van der Waals surface area contributed by atoms with E-state index >= 15 is 0 Å². The maximum Gasteiger partial charge on any atom is 0.315 e.